The third-order valence-corrected chi connectivity index (χ3v) is 4.50. The molecule has 1 aromatic rings. The summed E-state index contributed by atoms with van der Waals surface area (Å²) in [7, 11) is 0. The second-order valence-electron chi connectivity index (χ2n) is 6.89. The van der Waals surface area contributed by atoms with E-state index in [-0.39, 0.29) is 35.6 Å². The Morgan fingerprint density at radius 1 is 1.09 bits per heavy atom. The second kappa shape index (κ2) is 7.08. The molecule has 1 aromatic carbocycles. The number of ether oxygens (including phenoxy) is 1. The summed E-state index contributed by atoms with van der Waals surface area (Å²) in [5, 5.41) is 0. The number of ketones is 1. The van der Waals surface area contributed by atoms with E-state index in [0.717, 1.165) is 12.0 Å². The van der Waals surface area contributed by atoms with Gasteiger partial charge in [-0.3, -0.25) is 9.59 Å². The van der Waals surface area contributed by atoms with E-state index in [0.29, 0.717) is 6.42 Å². The van der Waals surface area contributed by atoms with Crippen LogP contribution in [0.25, 0.3) is 0 Å². The number of Topliss-reactive ketones (excluding diaryl/α,β-unsaturated/α-hetero) is 1. The summed E-state index contributed by atoms with van der Waals surface area (Å²) in [6, 6.07) is 9.83. The first-order valence-electron chi connectivity index (χ1n) is 8.20. The lowest BCUT2D eigenvalue weighted by atomic mass is 9.88. The van der Waals surface area contributed by atoms with Crippen LogP contribution in [0.4, 0.5) is 0 Å². The van der Waals surface area contributed by atoms with E-state index in [1.54, 1.807) is 0 Å². The molecule has 0 spiro atoms. The molecule has 22 heavy (non-hydrogen) atoms. The maximum absolute atomic E-state index is 12.6. The van der Waals surface area contributed by atoms with Crippen molar-refractivity contribution in [3.05, 3.63) is 35.9 Å². The van der Waals surface area contributed by atoms with Crippen LogP contribution in [0, 0.1) is 17.8 Å². The van der Waals surface area contributed by atoms with Gasteiger partial charge in [0.2, 0.25) is 0 Å². The van der Waals surface area contributed by atoms with Gasteiger partial charge in [0.05, 0.1) is 0 Å². The summed E-state index contributed by atoms with van der Waals surface area (Å²) in [4.78, 5) is 24.8. The highest BCUT2D eigenvalue weighted by Crippen LogP contribution is 2.38. The molecular weight excluding hydrogens is 276 g/mol. The van der Waals surface area contributed by atoms with Crippen molar-refractivity contribution in [3.8, 4) is 0 Å². The van der Waals surface area contributed by atoms with Crippen molar-refractivity contribution in [2.75, 3.05) is 0 Å². The Morgan fingerprint density at radius 2 is 1.68 bits per heavy atom. The van der Waals surface area contributed by atoms with Gasteiger partial charge in [-0.15, -0.1) is 0 Å². The van der Waals surface area contributed by atoms with Crippen molar-refractivity contribution in [2.45, 2.75) is 52.6 Å². The van der Waals surface area contributed by atoms with Crippen LogP contribution in [0.2, 0.25) is 0 Å². The van der Waals surface area contributed by atoms with Crippen LogP contribution in [0.1, 0.15) is 52.0 Å². The van der Waals surface area contributed by atoms with Crippen molar-refractivity contribution in [2.24, 2.45) is 17.8 Å². The average Bonchev–Trinajstić information content (AvgIpc) is 2.86. The van der Waals surface area contributed by atoms with Gasteiger partial charge in [-0.25, -0.2) is 0 Å². The van der Waals surface area contributed by atoms with Crippen molar-refractivity contribution >= 4 is 11.8 Å². The van der Waals surface area contributed by atoms with Gasteiger partial charge in [-0.1, -0.05) is 58.0 Å². The summed E-state index contributed by atoms with van der Waals surface area (Å²) < 4.78 is 5.72. The molecule has 3 nitrogen and oxygen atoms in total. The first kappa shape index (κ1) is 16.7. The summed E-state index contributed by atoms with van der Waals surface area (Å²) in [6.07, 6.45) is 1.06. The number of rotatable bonds is 5. The Bertz CT molecular complexity index is 511. The van der Waals surface area contributed by atoms with E-state index >= 15 is 0 Å². The standard InChI is InChI=1S/C19H26O3/c1-12(2)18(13(3)4)22-19(21)17-15(10-11-16(17)20)14-8-6-5-7-9-14/h5-9,12-13,15,17-18H,10-11H2,1-4H3/t15-,17-/m0/s1. The van der Waals surface area contributed by atoms with Crippen molar-refractivity contribution in [1.29, 1.82) is 0 Å². The van der Waals surface area contributed by atoms with E-state index in [2.05, 4.69) is 0 Å². The van der Waals surface area contributed by atoms with Crippen LogP contribution < -0.4 is 0 Å². The molecule has 0 heterocycles. The van der Waals surface area contributed by atoms with Crippen LogP contribution in [0.3, 0.4) is 0 Å². The van der Waals surface area contributed by atoms with E-state index in [1.165, 1.54) is 0 Å². The summed E-state index contributed by atoms with van der Waals surface area (Å²) in [6.45, 7) is 8.18. The number of hydrogen-bond acceptors (Lipinski definition) is 3. The van der Waals surface area contributed by atoms with Gasteiger partial charge in [0.15, 0.2) is 0 Å². The predicted octanol–water partition coefficient (Wildman–Crippen LogP) is 3.97. The fourth-order valence-corrected chi connectivity index (χ4v) is 3.45. The lowest BCUT2D eigenvalue weighted by Gasteiger charge is -2.27. The molecule has 0 unspecified atom stereocenters. The van der Waals surface area contributed by atoms with Crippen LogP contribution in [-0.2, 0) is 14.3 Å². The SMILES string of the molecule is CC(C)C(OC(=O)[C@@H]1C(=O)CC[C@H]1c1ccccc1)C(C)C. The Hall–Kier alpha value is -1.64. The molecule has 0 aliphatic heterocycles. The zero-order chi connectivity index (χ0) is 16.3. The highest BCUT2D eigenvalue weighted by molar-refractivity contribution is 6.01. The molecule has 1 aliphatic rings. The summed E-state index contributed by atoms with van der Waals surface area (Å²) >= 11 is 0. The molecule has 0 aromatic heterocycles. The molecule has 0 N–H and O–H groups in total. The third-order valence-electron chi connectivity index (χ3n) is 4.50. The fraction of sp³-hybridized carbons (Fsp3) is 0.579. The van der Waals surface area contributed by atoms with Gasteiger partial charge < -0.3 is 4.74 Å². The highest BCUT2D eigenvalue weighted by Gasteiger charge is 2.42. The minimum Gasteiger partial charge on any atom is -0.461 e. The van der Waals surface area contributed by atoms with Gasteiger partial charge in [0.25, 0.3) is 0 Å². The molecule has 1 fully saturated rings. The molecule has 3 heteroatoms. The summed E-state index contributed by atoms with van der Waals surface area (Å²) in [5.41, 5.74) is 1.06. The Labute approximate surface area is 133 Å². The largest absolute Gasteiger partial charge is 0.461 e. The Kier molecular flexibility index (Phi) is 5.38. The molecule has 0 bridgehead atoms. The molecular formula is C19H26O3. The molecule has 0 saturated heterocycles. The van der Waals surface area contributed by atoms with Gasteiger partial charge in [-0.05, 0) is 23.8 Å². The zero-order valence-electron chi connectivity index (χ0n) is 13.9. The van der Waals surface area contributed by atoms with Crippen LogP contribution in [0.5, 0.6) is 0 Å². The van der Waals surface area contributed by atoms with E-state index in [9.17, 15) is 9.59 Å². The number of carbonyl (C=O) groups excluding carboxylic acids is 2. The molecule has 1 aliphatic carbocycles. The minimum absolute atomic E-state index is 0.0186. The quantitative estimate of drug-likeness (QED) is 0.610. The lowest BCUT2D eigenvalue weighted by molar-refractivity contribution is -0.161. The number of esters is 1. The maximum atomic E-state index is 12.6. The smallest absolute Gasteiger partial charge is 0.317 e. The number of hydrogen-bond donors (Lipinski definition) is 0. The molecule has 2 rings (SSSR count). The predicted molar refractivity (Wildman–Crippen MR) is 86.5 cm³/mol. The van der Waals surface area contributed by atoms with Crippen molar-refractivity contribution in [1.82, 2.24) is 0 Å². The number of benzene rings is 1. The van der Waals surface area contributed by atoms with Crippen LogP contribution in [-0.4, -0.2) is 17.9 Å². The average molecular weight is 302 g/mol. The highest BCUT2D eigenvalue weighted by atomic mass is 16.5. The Morgan fingerprint density at radius 3 is 2.23 bits per heavy atom. The van der Waals surface area contributed by atoms with Gasteiger partial charge in [0, 0.05) is 12.3 Å². The topological polar surface area (TPSA) is 43.4 Å². The zero-order valence-corrected chi connectivity index (χ0v) is 13.9. The van der Waals surface area contributed by atoms with Crippen molar-refractivity contribution in [3.63, 3.8) is 0 Å². The molecule has 0 amide bonds. The first-order valence-corrected chi connectivity index (χ1v) is 8.20. The molecule has 0 radical (unpaired) electrons. The molecule has 120 valence electrons. The molecule has 2 atom stereocenters. The Balaban J connectivity index is 2.17. The van der Waals surface area contributed by atoms with E-state index < -0.39 is 5.92 Å². The normalized spacial score (nSPS) is 21.9. The third kappa shape index (κ3) is 3.57. The fourth-order valence-electron chi connectivity index (χ4n) is 3.45. The van der Waals surface area contributed by atoms with Gasteiger partial charge >= 0.3 is 5.97 Å². The van der Waals surface area contributed by atoms with Crippen molar-refractivity contribution < 1.29 is 14.3 Å². The van der Waals surface area contributed by atoms with E-state index in [1.807, 2.05) is 58.0 Å². The van der Waals surface area contributed by atoms with Gasteiger partial charge in [-0.2, -0.15) is 0 Å². The maximum Gasteiger partial charge on any atom is 0.317 e. The summed E-state index contributed by atoms with van der Waals surface area (Å²) in [5.74, 6) is -0.510. The first-order chi connectivity index (χ1) is 10.4. The number of carbonyl (C=O) groups is 2. The van der Waals surface area contributed by atoms with Gasteiger partial charge in [0.1, 0.15) is 17.8 Å². The minimum atomic E-state index is -0.637. The lowest BCUT2D eigenvalue weighted by Crippen LogP contribution is -2.34. The van der Waals surface area contributed by atoms with Crippen LogP contribution >= 0.6 is 0 Å². The van der Waals surface area contributed by atoms with E-state index in [4.69, 9.17) is 4.74 Å². The second-order valence-corrected chi connectivity index (χ2v) is 6.89. The van der Waals surface area contributed by atoms with Crippen LogP contribution in [0.15, 0.2) is 30.3 Å². The monoisotopic (exact) mass is 302 g/mol. The molecule has 1 saturated carbocycles.